The molecular weight excluding hydrogens is 450 g/mol. The minimum atomic E-state index is -0.826. The van der Waals surface area contributed by atoms with Crippen LogP contribution >= 0.6 is 17.0 Å². The van der Waals surface area contributed by atoms with E-state index in [4.69, 9.17) is 17.0 Å². The molecule has 0 unspecified atom stereocenters. The minimum absolute atomic E-state index is 0.826. The van der Waals surface area contributed by atoms with E-state index in [1.807, 2.05) is 0 Å². The molecule has 0 spiro atoms. The van der Waals surface area contributed by atoms with Gasteiger partial charge in [0, 0.05) is 0 Å². The molecule has 0 nitrogen and oxygen atoms in total. The Morgan fingerprint density at radius 2 is 1.37 bits per heavy atom. The van der Waals surface area contributed by atoms with Crippen LogP contribution in [0.2, 0.25) is 0 Å². The summed E-state index contributed by atoms with van der Waals surface area (Å²) in [6, 6.07) is 26.6. The fourth-order valence-corrected chi connectivity index (χ4v) is 3.69. The molecule has 4 rings (SSSR count). The van der Waals surface area contributed by atoms with Crippen LogP contribution in [0.1, 0.15) is 16.7 Å². The summed E-state index contributed by atoms with van der Waals surface area (Å²) >= 11 is -0.826. The fraction of sp³-hybridized carbons (Fsp3) is 0.125. The molecule has 4 aromatic rings. The van der Waals surface area contributed by atoms with Crippen LogP contribution in [0.5, 0.6) is 0 Å². The zero-order valence-corrected chi connectivity index (χ0v) is 19.7. The standard InChI is InChI=1S/C24H21.2ClH.Zr/c1-16-11-17(2)13-22(12-16)24-18(3)9-10-20-14-21(15-23(20)24)19-7-5-4-6-8-19;;;/h4-15H,1-3H3;2*1H;/q-1;;;+2/p-2. The fourth-order valence-electron chi connectivity index (χ4n) is 3.69. The van der Waals surface area contributed by atoms with E-state index >= 15 is 0 Å². The Morgan fingerprint density at radius 3 is 2.00 bits per heavy atom. The number of fused-ring (bicyclic) bond motifs is 1. The van der Waals surface area contributed by atoms with Gasteiger partial charge in [0.25, 0.3) is 0 Å². The van der Waals surface area contributed by atoms with Crippen LogP contribution in [0.3, 0.4) is 0 Å². The summed E-state index contributed by atoms with van der Waals surface area (Å²) in [5.74, 6) is 0. The second-order valence-corrected chi connectivity index (χ2v) is 10.5. The summed E-state index contributed by atoms with van der Waals surface area (Å²) < 4.78 is 0. The van der Waals surface area contributed by atoms with Gasteiger partial charge < -0.3 is 0 Å². The molecule has 0 aliphatic rings. The molecule has 0 radical (unpaired) electrons. The average Bonchev–Trinajstić information content (AvgIpc) is 3.06. The summed E-state index contributed by atoms with van der Waals surface area (Å²) in [5, 5.41) is 2.66. The zero-order chi connectivity index (χ0) is 19.4. The summed E-state index contributed by atoms with van der Waals surface area (Å²) in [7, 11) is 9.87. The van der Waals surface area contributed by atoms with E-state index in [9.17, 15) is 0 Å². The summed E-state index contributed by atoms with van der Waals surface area (Å²) in [6.45, 7) is 6.56. The van der Waals surface area contributed by atoms with Gasteiger partial charge >= 0.3 is 37.9 Å². The quantitative estimate of drug-likeness (QED) is 0.259. The molecule has 0 fully saturated rings. The molecule has 27 heavy (non-hydrogen) atoms. The molecular formula is C24H21Cl2Zr-. The van der Waals surface area contributed by atoms with E-state index in [-0.39, 0.29) is 0 Å². The second-order valence-electron chi connectivity index (χ2n) is 6.82. The van der Waals surface area contributed by atoms with Crippen LogP contribution in [0, 0.1) is 20.8 Å². The van der Waals surface area contributed by atoms with E-state index in [2.05, 4.69) is 93.6 Å². The molecule has 0 saturated heterocycles. The van der Waals surface area contributed by atoms with Crippen molar-refractivity contribution in [2.24, 2.45) is 0 Å². The van der Waals surface area contributed by atoms with E-state index in [0.717, 1.165) is 0 Å². The maximum absolute atomic E-state index is 4.93. The molecule has 0 amide bonds. The Bertz CT molecular complexity index is 1030. The summed E-state index contributed by atoms with van der Waals surface area (Å²) in [4.78, 5) is 0. The third kappa shape index (κ3) is 4.78. The van der Waals surface area contributed by atoms with Crippen molar-refractivity contribution in [1.82, 2.24) is 0 Å². The van der Waals surface area contributed by atoms with E-state index < -0.39 is 20.8 Å². The van der Waals surface area contributed by atoms with Crippen molar-refractivity contribution in [3.8, 4) is 22.3 Å². The van der Waals surface area contributed by atoms with Gasteiger partial charge in [-0.05, 0) is 31.9 Å². The number of aryl methyl sites for hydroxylation is 3. The first kappa shape index (κ1) is 20.5. The molecule has 0 bridgehead atoms. The molecule has 3 heteroatoms. The third-order valence-electron chi connectivity index (χ3n) is 4.72. The normalized spacial score (nSPS) is 10.4. The number of rotatable bonds is 2. The van der Waals surface area contributed by atoms with Crippen LogP contribution in [0.4, 0.5) is 0 Å². The van der Waals surface area contributed by atoms with Gasteiger partial charge in [-0.1, -0.05) is 76.9 Å². The average molecular weight is 472 g/mol. The first-order valence-electron chi connectivity index (χ1n) is 8.84. The van der Waals surface area contributed by atoms with E-state index in [1.54, 1.807) is 0 Å². The molecule has 0 aromatic heterocycles. The van der Waals surface area contributed by atoms with Crippen LogP contribution in [-0.2, 0) is 20.8 Å². The third-order valence-corrected chi connectivity index (χ3v) is 4.72. The van der Waals surface area contributed by atoms with E-state index in [1.165, 1.54) is 49.7 Å². The number of hydrogen-bond donors (Lipinski definition) is 0. The Morgan fingerprint density at radius 1 is 0.741 bits per heavy atom. The van der Waals surface area contributed by atoms with Crippen molar-refractivity contribution < 1.29 is 20.8 Å². The SMILES string of the molecule is Cc1cc(C)cc(-c2c(C)ccc3[cH-]c(-c4ccccc4)cc23)c1.[Cl][Zr][Cl]. The predicted molar refractivity (Wildman–Crippen MR) is 116 cm³/mol. The zero-order valence-electron chi connectivity index (χ0n) is 15.7. The number of halogens is 2. The molecule has 0 aliphatic carbocycles. The molecule has 0 saturated carbocycles. The van der Waals surface area contributed by atoms with Gasteiger partial charge in [0.1, 0.15) is 0 Å². The molecule has 0 heterocycles. The van der Waals surface area contributed by atoms with Crippen LogP contribution < -0.4 is 0 Å². The summed E-state index contributed by atoms with van der Waals surface area (Å²) in [6.07, 6.45) is 0. The van der Waals surface area contributed by atoms with Gasteiger partial charge in [0.05, 0.1) is 0 Å². The topological polar surface area (TPSA) is 0 Å². The van der Waals surface area contributed by atoms with Crippen molar-refractivity contribution in [3.05, 3.63) is 89.5 Å². The monoisotopic (exact) mass is 469 g/mol. The Labute approximate surface area is 180 Å². The Hall–Kier alpha value is -1.27. The second kappa shape index (κ2) is 9.29. The van der Waals surface area contributed by atoms with E-state index in [0.29, 0.717) is 0 Å². The van der Waals surface area contributed by atoms with Gasteiger partial charge in [-0.25, -0.2) is 0 Å². The van der Waals surface area contributed by atoms with Crippen LogP contribution in [0.15, 0.2) is 72.8 Å². The van der Waals surface area contributed by atoms with Crippen molar-refractivity contribution in [3.63, 3.8) is 0 Å². The number of benzene rings is 3. The molecule has 0 aliphatic heterocycles. The molecule has 136 valence electrons. The predicted octanol–water partition coefficient (Wildman–Crippen LogP) is 8.19. The Balaban J connectivity index is 0.000000659. The van der Waals surface area contributed by atoms with Crippen molar-refractivity contribution in [2.45, 2.75) is 20.8 Å². The summed E-state index contributed by atoms with van der Waals surface area (Å²) in [5.41, 5.74) is 9.21. The molecule has 0 atom stereocenters. The molecule has 0 N–H and O–H groups in total. The van der Waals surface area contributed by atoms with Gasteiger partial charge in [-0.3, -0.25) is 0 Å². The van der Waals surface area contributed by atoms with Gasteiger partial charge in [-0.15, -0.1) is 34.5 Å². The first-order valence-corrected chi connectivity index (χ1v) is 15.2. The maximum atomic E-state index is 4.93. The molecule has 4 aromatic carbocycles. The van der Waals surface area contributed by atoms with Gasteiger partial charge in [0.15, 0.2) is 0 Å². The van der Waals surface area contributed by atoms with Gasteiger partial charge in [0.2, 0.25) is 0 Å². The van der Waals surface area contributed by atoms with Crippen molar-refractivity contribution >= 4 is 27.8 Å². The Kier molecular flexibility index (Phi) is 7.04. The van der Waals surface area contributed by atoms with Crippen molar-refractivity contribution in [2.75, 3.05) is 0 Å². The van der Waals surface area contributed by atoms with Crippen molar-refractivity contribution in [1.29, 1.82) is 0 Å². The van der Waals surface area contributed by atoms with Gasteiger partial charge in [-0.2, -0.15) is 0 Å². The first-order chi connectivity index (χ1) is 13.0. The number of hydrogen-bond acceptors (Lipinski definition) is 0. The van der Waals surface area contributed by atoms with Crippen LogP contribution in [0.25, 0.3) is 33.0 Å². The van der Waals surface area contributed by atoms with Crippen LogP contribution in [-0.4, -0.2) is 0 Å².